The maximum Gasteiger partial charge on any atom is 0.149 e. The van der Waals surface area contributed by atoms with E-state index in [0.717, 1.165) is 39.3 Å². The van der Waals surface area contributed by atoms with E-state index >= 15 is 0 Å². The van der Waals surface area contributed by atoms with Crippen LogP contribution in [0.1, 0.15) is 50.4 Å². The lowest BCUT2D eigenvalue weighted by atomic mass is 9.85. The minimum atomic E-state index is -0.308. The zero-order chi connectivity index (χ0) is 17.6. The molecule has 0 saturated heterocycles. The number of aromatic amines is 1. The zero-order valence-electron chi connectivity index (χ0n) is 14.7. The quantitative estimate of drug-likeness (QED) is 0.646. The summed E-state index contributed by atoms with van der Waals surface area (Å²) in [5.41, 5.74) is 4.61. The monoisotopic (exact) mass is 336 g/mol. The minimum Gasteiger partial charge on any atom is -0.345 e. The van der Waals surface area contributed by atoms with Crippen molar-refractivity contribution in [1.29, 1.82) is 0 Å². The molecule has 1 aromatic carbocycles. The lowest BCUT2D eigenvalue weighted by molar-refractivity contribution is 0.402. The second-order valence-electron chi connectivity index (χ2n) is 7.00. The van der Waals surface area contributed by atoms with E-state index in [0.29, 0.717) is 11.6 Å². The zero-order valence-corrected chi connectivity index (χ0v) is 14.7. The van der Waals surface area contributed by atoms with Crippen LogP contribution >= 0.6 is 0 Å². The second-order valence-corrected chi connectivity index (χ2v) is 7.00. The number of rotatable bonds is 3. The maximum absolute atomic E-state index is 14.5. The smallest absolute Gasteiger partial charge is 0.149 e. The van der Waals surface area contributed by atoms with Gasteiger partial charge in [0.2, 0.25) is 0 Å². The van der Waals surface area contributed by atoms with E-state index < -0.39 is 0 Å². The van der Waals surface area contributed by atoms with E-state index in [1.54, 1.807) is 0 Å². The highest BCUT2D eigenvalue weighted by atomic mass is 19.1. The van der Waals surface area contributed by atoms with Crippen LogP contribution in [0.4, 0.5) is 10.1 Å². The van der Waals surface area contributed by atoms with Crippen LogP contribution in [0.2, 0.25) is 0 Å². The van der Waals surface area contributed by atoms with Gasteiger partial charge in [-0.1, -0.05) is 6.42 Å². The molecule has 2 aromatic heterocycles. The summed E-state index contributed by atoms with van der Waals surface area (Å²) in [7, 11) is 0. The van der Waals surface area contributed by atoms with Crippen LogP contribution in [0.5, 0.6) is 0 Å². The number of aryl methyl sites for hydroxylation is 1. The standard InChI is InChI=1S/C20H21FN4/c1-11(2)24-18-12(3)7-14(8-17(18)21)15-9-23-20-16(15)10-22-19(25-20)13-5-4-6-13/h7-10,13H,4-6H2,1-3H3,(H,22,23,25). The van der Waals surface area contributed by atoms with Gasteiger partial charge >= 0.3 is 0 Å². The molecule has 25 heavy (non-hydrogen) atoms. The molecule has 1 saturated carbocycles. The molecular formula is C20H21FN4. The molecule has 1 fully saturated rings. The van der Waals surface area contributed by atoms with Crippen molar-refractivity contribution in [1.82, 2.24) is 15.0 Å². The van der Waals surface area contributed by atoms with Gasteiger partial charge in [-0.15, -0.1) is 0 Å². The average Bonchev–Trinajstić information content (AvgIpc) is 2.92. The van der Waals surface area contributed by atoms with Crippen LogP contribution in [0.15, 0.2) is 29.5 Å². The number of halogens is 1. The van der Waals surface area contributed by atoms with Crippen molar-refractivity contribution < 1.29 is 4.39 Å². The van der Waals surface area contributed by atoms with Crippen molar-refractivity contribution >= 4 is 22.4 Å². The Balaban J connectivity index is 1.78. The van der Waals surface area contributed by atoms with E-state index in [-0.39, 0.29) is 5.82 Å². The number of aromatic nitrogens is 3. The van der Waals surface area contributed by atoms with Gasteiger partial charge in [0.15, 0.2) is 0 Å². The molecule has 0 unspecified atom stereocenters. The van der Waals surface area contributed by atoms with Gasteiger partial charge in [-0.2, -0.15) is 0 Å². The fourth-order valence-electron chi connectivity index (χ4n) is 3.28. The number of aliphatic imine (C=N–C) groups is 1. The highest BCUT2D eigenvalue weighted by Gasteiger charge is 2.23. The summed E-state index contributed by atoms with van der Waals surface area (Å²) >= 11 is 0. The van der Waals surface area contributed by atoms with E-state index in [1.165, 1.54) is 25.3 Å². The molecule has 1 aliphatic rings. The fraction of sp³-hybridized carbons (Fsp3) is 0.350. The number of hydrogen-bond donors (Lipinski definition) is 1. The van der Waals surface area contributed by atoms with Gasteiger partial charge in [-0.3, -0.25) is 4.99 Å². The van der Waals surface area contributed by atoms with Gasteiger partial charge in [-0.05, 0) is 56.9 Å². The Morgan fingerprint density at radius 1 is 1.28 bits per heavy atom. The Morgan fingerprint density at radius 2 is 2.08 bits per heavy atom. The number of nitrogens with zero attached hydrogens (tertiary/aromatic N) is 3. The first-order valence-electron chi connectivity index (χ1n) is 8.69. The summed E-state index contributed by atoms with van der Waals surface area (Å²) in [6.45, 7) is 5.61. The molecule has 1 N–H and O–H groups in total. The van der Waals surface area contributed by atoms with E-state index in [1.807, 2.05) is 39.2 Å². The molecule has 128 valence electrons. The summed E-state index contributed by atoms with van der Waals surface area (Å²) in [4.78, 5) is 16.7. The Kier molecular flexibility index (Phi) is 3.86. The molecule has 3 aromatic rings. The van der Waals surface area contributed by atoms with Crippen LogP contribution in [0, 0.1) is 12.7 Å². The first kappa shape index (κ1) is 15.9. The van der Waals surface area contributed by atoms with Crippen molar-refractivity contribution in [3.05, 3.63) is 41.7 Å². The van der Waals surface area contributed by atoms with E-state index in [2.05, 4.69) is 19.9 Å². The predicted molar refractivity (Wildman–Crippen MR) is 99.1 cm³/mol. The van der Waals surface area contributed by atoms with Gasteiger partial charge in [0.1, 0.15) is 23.0 Å². The first-order valence-corrected chi connectivity index (χ1v) is 8.69. The molecule has 1 aliphatic carbocycles. The van der Waals surface area contributed by atoms with Gasteiger partial charge in [0.05, 0.1) is 0 Å². The van der Waals surface area contributed by atoms with Crippen molar-refractivity contribution in [2.24, 2.45) is 4.99 Å². The van der Waals surface area contributed by atoms with Crippen molar-refractivity contribution in [2.75, 3.05) is 0 Å². The van der Waals surface area contributed by atoms with Crippen LogP contribution in [0.25, 0.3) is 22.2 Å². The van der Waals surface area contributed by atoms with E-state index in [4.69, 9.17) is 0 Å². The minimum absolute atomic E-state index is 0.308. The number of nitrogens with one attached hydrogen (secondary N) is 1. The summed E-state index contributed by atoms with van der Waals surface area (Å²) in [5.74, 6) is 1.10. The third-order valence-corrected chi connectivity index (χ3v) is 4.82. The molecule has 0 aliphatic heterocycles. The summed E-state index contributed by atoms with van der Waals surface area (Å²) in [6, 6.07) is 3.50. The molecule has 0 atom stereocenters. The average molecular weight is 336 g/mol. The molecule has 0 radical (unpaired) electrons. The Morgan fingerprint density at radius 3 is 2.72 bits per heavy atom. The number of H-pyrrole nitrogens is 1. The Labute approximate surface area is 146 Å². The topological polar surface area (TPSA) is 53.9 Å². The van der Waals surface area contributed by atoms with Crippen LogP contribution in [0.3, 0.4) is 0 Å². The Hall–Kier alpha value is -2.56. The molecule has 5 heteroatoms. The third kappa shape index (κ3) is 2.84. The van der Waals surface area contributed by atoms with Crippen molar-refractivity contribution in [2.45, 2.75) is 46.0 Å². The first-order chi connectivity index (χ1) is 12.0. The molecule has 4 rings (SSSR count). The van der Waals surface area contributed by atoms with Gasteiger partial charge in [0, 0.05) is 35.0 Å². The highest BCUT2D eigenvalue weighted by molar-refractivity contribution is 5.93. The van der Waals surface area contributed by atoms with Crippen LogP contribution in [-0.2, 0) is 0 Å². The Bertz CT molecular complexity index is 956. The largest absolute Gasteiger partial charge is 0.345 e. The summed E-state index contributed by atoms with van der Waals surface area (Å²) in [6.07, 6.45) is 7.33. The van der Waals surface area contributed by atoms with Gasteiger partial charge < -0.3 is 4.98 Å². The lowest BCUT2D eigenvalue weighted by Gasteiger charge is -2.23. The normalized spacial score (nSPS) is 14.6. The molecule has 0 bridgehead atoms. The number of benzene rings is 1. The van der Waals surface area contributed by atoms with Crippen LogP contribution in [-0.4, -0.2) is 20.7 Å². The molecular weight excluding hydrogens is 315 g/mol. The number of fused-ring (bicyclic) bond motifs is 1. The molecule has 0 amide bonds. The van der Waals surface area contributed by atoms with Gasteiger partial charge in [0.25, 0.3) is 0 Å². The maximum atomic E-state index is 14.5. The van der Waals surface area contributed by atoms with E-state index in [9.17, 15) is 4.39 Å². The summed E-state index contributed by atoms with van der Waals surface area (Å²) < 4.78 is 14.5. The number of hydrogen-bond acceptors (Lipinski definition) is 3. The van der Waals surface area contributed by atoms with Gasteiger partial charge in [-0.25, -0.2) is 14.4 Å². The third-order valence-electron chi connectivity index (χ3n) is 4.82. The summed E-state index contributed by atoms with van der Waals surface area (Å²) in [5, 5.41) is 0.921. The van der Waals surface area contributed by atoms with Crippen molar-refractivity contribution in [3.8, 4) is 11.1 Å². The van der Waals surface area contributed by atoms with Crippen molar-refractivity contribution in [3.63, 3.8) is 0 Å². The fourth-order valence-corrected chi connectivity index (χ4v) is 3.28. The molecule has 0 spiro atoms. The lowest BCUT2D eigenvalue weighted by Crippen LogP contribution is -2.12. The predicted octanol–water partition coefficient (Wildman–Crippen LogP) is 5.45. The van der Waals surface area contributed by atoms with Crippen LogP contribution < -0.4 is 0 Å². The SMILES string of the molecule is CC(C)=Nc1c(C)cc(-c2c[nH]c3nc(C4CCC4)ncc23)cc1F. The molecule has 4 nitrogen and oxygen atoms in total. The highest BCUT2D eigenvalue weighted by Crippen LogP contribution is 2.36. The molecule has 2 heterocycles. The second kappa shape index (κ2) is 6.06.